The molecule has 31 heavy (non-hydrogen) atoms. The second-order valence-corrected chi connectivity index (χ2v) is 8.23. The van der Waals surface area contributed by atoms with Crippen molar-refractivity contribution >= 4 is 35.7 Å². The van der Waals surface area contributed by atoms with Gasteiger partial charge in [-0.05, 0) is 56.4 Å². The lowest BCUT2D eigenvalue weighted by Gasteiger charge is -2.26. The summed E-state index contributed by atoms with van der Waals surface area (Å²) in [5.74, 6) is 1.60. The van der Waals surface area contributed by atoms with E-state index in [1.807, 2.05) is 14.1 Å². The molecule has 0 N–H and O–H groups in total. The molecule has 0 bridgehead atoms. The highest BCUT2D eigenvalue weighted by Gasteiger charge is 2.25. The largest absolute Gasteiger partial charge is 0.463 e. The van der Waals surface area contributed by atoms with Gasteiger partial charge in [-0.1, -0.05) is 35.9 Å². The van der Waals surface area contributed by atoms with Gasteiger partial charge in [-0.15, -0.1) is 12.4 Å². The predicted molar refractivity (Wildman–Crippen MR) is 123 cm³/mol. The zero-order valence-electron chi connectivity index (χ0n) is 17.4. The average molecular weight is 459 g/mol. The van der Waals surface area contributed by atoms with E-state index in [9.17, 15) is 9.59 Å². The highest BCUT2D eigenvalue weighted by atomic mass is 35.5. The molecule has 1 aliphatic rings. The van der Waals surface area contributed by atoms with E-state index in [1.54, 1.807) is 53.4 Å². The number of hydrogen-bond acceptors (Lipinski definition) is 4. The van der Waals surface area contributed by atoms with Crippen molar-refractivity contribution in [2.24, 2.45) is 0 Å². The van der Waals surface area contributed by atoms with Gasteiger partial charge in [0.1, 0.15) is 11.5 Å². The van der Waals surface area contributed by atoms with Crippen molar-refractivity contribution in [2.75, 3.05) is 20.6 Å². The summed E-state index contributed by atoms with van der Waals surface area (Å²) in [6.45, 7) is 1.85. The van der Waals surface area contributed by atoms with E-state index in [4.69, 9.17) is 16.0 Å². The van der Waals surface area contributed by atoms with Crippen LogP contribution in [0.3, 0.4) is 0 Å². The zero-order valence-corrected chi connectivity index (χ0v) is 19.0. The molecule has 1 aliphatic heterocycles. The molecule has 5 nitrogen and oxygen atoms in total. The van der Waals surface area contributed by atoms with Crippen molar-refractivity contribution < 1.29 is 14.0 Å². The van der Waals surface area contributed by atoms with Crippen LogP contribution in [0.5, 0.6) is 0 Å². The molecule has 4 rings (SSSR count). The molecule has 2 heterocycles. The first kappa shape index (κ1) is 23.1. The quantitative estimate of drug-likeness (QED) is 0.512. The summed E-state index contributed by atoms with van der Waals surface area (Å²) in [6.07, 6.45) is 0.781. The van der Waals surface area contributed by atoms with Crippen molar-refractivity contribution in [3.8, 4) is 0 Å². The van der Waals surface area contributed by atoms with Crippen LogP contribution < -0.4 is 0 Å². The van der Waals surface area contributed by atoms with Crippen LogP contribution in [0, 0.1) is 0 Å². The molecular formula is C24H24Cl2N2O3. The second-order valence-electron chi connectivity index (χ2n) is 7.79. The number of amides is 1. The van der Waals surface area contributed by atoms with Crippen molar-refractivity contribution in [3.05, 3.63) is 93.4 Å². The molecule has 0 unspecified atom stereocenters. The summed E-state index contributed by atoms with van der Waals surface area (Å²) in [6, 6.07) is 15.7. The second kappa shape index (κ2) is 9.69. The average Bonchev–Trinajstić information content (AvgIpc) is 3.13. The summed E-state index contributed by atoms with van der Waals surface area (Å²) in [5, 5.41) is 0.517. The van der Waals surface area contributed by atoms with Crippen molar-refractivity contribution in [1.29, 1.82) is 0 Å². The van der Waals surface area contributed by atoms with E-state index in [1.165, 1.54) is 5.56 Å². The summed E-state index contributed by atoms with van der Waals surface area (Å²) < 4.78 is 5.95. The number of benzene rings is 2. The number of halogens is 2. The Labute approximate surface area is 193 Å². The van der Waals surface area contributed by atoms with Gasteiger partial charge in [-0.25, -0.2) is 0 Å². The number of fused-ring (bicyclic) bond motifs is 1. The molecule has 0 atom stereocenters. The van der Waals surface area contributed by atoms with Crippen LogP contribution in [0.4, 0.5) is 0 Å². The lowest BCUT2D eigenvalue weighted by molar-refractivity contribution is 0.0718. The van der Waals surface area contributed by atoms with Crippen molar-refractivity contribution in [1.82, 2.24) is 9.80 Å². The molecule has 3 aromatic rings. The van der Waals surface area contributed by atoms with Crippen molar-refractivity contribution in [3.63, 3.8) is 0 Å². The minimum Gasteiger partial charge on any atom is -0.463 e. The summed E-state index contributed by atoms with van der Waals surface area (Å²) in [5.41, 5.74) is 2.78. The van der Waals surface area contributed by atoms with Crippen LogP contribution in [0.25, 0.3) is 0 Å². The van der Waals surface area contributed by atoms with Gasteiger partial charge in [0.15, 0.2) is 5.78 Å². The number of hydrogen-bond donors (Lipinski definition) is 0. The molecule has 0 fully saturated rings. The van der Waals surface area contributed by atoms with Gasteiger partial charge in [-0.2, -0.15) is 0 Å². The van der Waals surface area contributed by atoms with Crippen LogP contribution in [-0.2, 0) is 19.5 Å². The first-order chi connectivity index (χ1) is 14.4. The van der Waals surface area contributed by atoms with Crippen LogP contribution in [0.2, 0.25) is 5.02 Å². The predicted octanol–water partition coefficient (Wildman–Crippen LogP) is 4.85. The molecule has 162 valence electrons. The minimum absolute atomic E-state index is 0. The summed E-state index contributed by atoms with van der Waals surface area (Å²) in [7, 11) is 4.00. The minimum atomic E-state index is -0.122. The fourth-order valence-corrected chi connectivity index (χ4v) is 3.88. The van der Waals surface area contributed by atoms with E-state index in [0.717, 1.165) is 24.5 Å². The number of furan rings is 1. The van der Waals surface area contributed by atoms with Gasteiger partial charge in [0.2, 0.25) is 0 Å². The first-order valence-electron chi connectivity index (χ1n) is 9.85. The fraction of sp³-hybridized carbons (Fsp3) is 0.250. The number of ketones is 1. The van der Waals surface area contributed by atoms with Crippen LogP contribution in [0.1, 0.15) is 43.4 Å². The Kier molecular flexibility index (Phi) is 7.21. The first-order valence-corrected chi connectivity index (χ1v) is 10.2. The molecule has 1 aromatic heterocycles. The third-order valence-corrected chi connectivity index (χ3v) is 5.41. The van der Waals surface area contributed by atoms with E-state index < -0.39 is 0 Å². The number of rotatable bonds is 5. The standard InChI is InChI=1S/C24H23ClN2O3.ClH/c1-26(2)14-21-13-18-10-11-27(15-22(18)30-21)24(29)17-8-6-16(7-9-17)23(28)19-4-3-5-20(25)12-19;/h3-9,12-13H,10-11,14-15H2,1-2H3;1H. The summed E-state index contributed by atoms with van der Waals surface area (Å²) in [4.78, 5) is 29.4. The molecular weight excluding hydrogens is 435 g/mol. The SMILES string of the molecule is CN(C)Cc1cc2c(o1)CN(C(=O)c1ccc(C(=O)c3cccc(Cl)c3)cc1)CC2.Cl. The van der Waals surface area contributed by atoms with E-state index in [2.05, 4.69) is 11.0 Å². The van der Waals surface area contributed by atoms with E-state index >= 15 is 0 Å². The van der Waals surface area contributed by atoms with Gasteiger partial charge < -0.3 is 14.2 Å². The van der Waals surface area contributed by atoms with E-state index in [-0.39, 0.29) is 24.1 Å². The van der Waals surface area contributed by atoms with Gasteiger partial charge in [-0.3, -0.25) is 9.59 Å². The third kappa shape index (κ3) is 5.18. The molecule has 0 saturated carbocycles. The Morgan fingerprint density at radius 3 is 2.42 bits per heavy atom. The fourth-order valence-electron chi connectivity index (χ4n) is 3.69. The van der Waals surface area contributed by atoms with Gasteiger partial charge in [0, 0.05) is 28.3 Å². The van der Waals surface area contributed by atoms with Gasteiger partial charge in [0.25, 0.3) is 5.91 Å². The normalized spacial score (nSPS) is 13.0. The lowest BCUT2D eigenvalue weighted by Crippen LogP contribution is -2.35. The summed E-state index contributed by atoms with van der Waals surface area (Å²) >= 11 is 5.98. The molecule has 0 saturated heterocycles. The topological polar surface area (TPSA) is 53.8 Å². The van der Waals surface area contributed by atoms with Crippen LogP contribution >= 0.6 is 24.0 Å². The molecule has 2 aromatic carbocycles. The Balaban J connectivity index is 0.00000272. The molecule has 7 heteroatoms. The van der Waals surface area contributed by atoms with Crippen molar-refractivity contribution in [2.45, 2.75) is 19.5 Å². The maximum atomic E-state index is 13.0. The Hall–Kier alpha value is -2.60. The zero-order chi connectivity index (χ0) is 21.3. The molecule has 0 spiro atoms. The monoisotopic (exact) mass is 458 g/mol. The number of carbonyl (C=O) groups is 2. The molecule has 0 aliphatic carbocycles. The maximum Gasteiger partial charge on any atom is 0.254 e. The molecule has 0 radical (unpaired) electrons. The van der Waals surface area contributed by atoms with Crippen LogP contribution in [0.15, 0.2) is 59.0 Å². The molecule has 1 amide bonds. The van der Waals surface area contributed by atoms with E-state index in [0.29, 0.717) is 34.8 Å². The number of carbonyl (C=O) groups excluding carboxylic acids is 2. The Bertz CT molecular complexity index is 1090. The van der Waals surface area contributed by atoms with Gasteiger partial charge in [0.05, 0.1) is 13.1 Å². The lowest BCUT2D eigenvalue weighted by atomic mass is 10.0. The Morgan fingerprint density at radius 1 is 1.03 bits per heavy atom. The maximum absolute atomic E-state index is 13.0. The smallest absolute Gasteiger partial charge is 0.254 e. The third-order valence-electron chi connectivity index (χ3n) is 5.17. The Morgan fingerprint density at radius 2 is 1.74 bits per heavy atom. The number of nitrogens with zero attached hydrogens (tertiary/aromatic N) is 2. The van der Waals surface area contributed by atoms with Gasteiger partial charge >= 0.3 is 0 Å². The highest BCUT2D eigenvalue weighted by molar-refractivity contribution is 6.31. The highest BCUT2D eigenvalue weighted by Crippen LogP contribution is 2.25. The van der Waals surface area contributed by atoms with Crippen LogP contribution in [-0.4, -0.2) is 42.1 Å².